The average molecular weight is 352 g/mol. The Morgan fingerprint density at radius 2 is 1.92 bits per heavy atom. The molecule has 132 valence electrons. The van der Waals surface area contributed by atoms with E-state index >= 15 is 0 Å². The van der Waals surface area contributed by atoms with Crippen molar-refractivity contribution >= 4 is 0 Å². The standard InChI is InChI=1S/C19H16N2O5/c22-12-16-15(23)10-17(26-16)21-11-14(18(24)20-19(21)25)9-5-4-8-13-6-2-1-3-7-13/h1-3,6-7,11,15-17,22-23H,10,12H2,(H,20,24,25)/t15-,16+,17+/m0/s1. The van der Waals surface area contributed by atoms with Crippen molar-refractivity contribution in [3.05, 3.63) is 68.5 Å². The van der Waals surface area contributed by atoms with Crippen LogP contribution in [0.2, 0.25) is 0 Å². The number of hydrogen-bond donors (Lipinski definition) is 3. The minimum absolute atomic E-state index is 0.0532. The third-order valence-electron chi connectivity index (χ3n) is 3.90. The van der Waals surface area contributed by atoms with Crippen LogP contribution in [0.5, 0.6) is 0 Å². The van der Waals surface area contributed by atoms with E-state index in [9.17, 15) is 14.7 Å². The third-order valence-corrected chi connectivity index (χ3v) is 3.90. The lowest BCUT2D eigenvalue weighted by Crippen LogP contribution is -2.33. The van der Waals surface area contributed by atoms with Crippen LogP contribution in [0, 0.1) is 23.7 Å². The molecular formula is C19H16N2O5. The molecular weight excluding hydrogens is 336 g/mol. The van der Waals surface area contributed by atoms with Crippen molar-refractivity contribution in [3.8, 4) is 23.7 Å². The van der Waals surface area contributed by atoms with E-state index in [0.29, 0.717) is 0 Å². The van der Waals surface area contributed by atoms with Crippen LogP contribution in [-0.4, -0.2) is 38.6 Å². The molecule has 1 saturated heterocycles. The zero-order valence-electron chi connectivity index (χ0n) is 13.7. The van der Waals surface area contributed by atoms with E-state index in [4.69, 9.17) is 9.84 Å². The first kappa shape index (κ1) is 17.7. The van der Waals surface area contributed by atoms with Gasteiger partial charge in [0.1, 0.15) is 17.9 Å². The van der Waals surface area contributed by atoms with Gasteiger partial charge in [-0.3, -0.25) is 14.3 Å². The summed E-state index contributed by atoms with van der Waals surface area (Å²) in [5.41, 5.74) is -0.453. The highest BCUT2D eigenvalue weighted by Crippen LogP contribution is 2.27. The molecule has 1 aliphatic rings. The molecule has 0 aliphatic carbocycles. The van der Waals surface area contributed by atoms with Crippen molar-refractivity contribution in [1.29, 1.82) is 0 Å². The van der Waals surface area contributed by atoms with Gasteiger partial charge < -0.3 is 14.9 Å². The topological polar surface area (TPSA) is 105 Å². The van der Waals surface area contributed by atoms with Crippen LogP contribution in [-0.2, 0) is 4.74 Å². The number of aromatic nitrogens is 2. The molecule has 1 fully saturated rings. The van der Waals surface area contributed by atoms with Gasteiger partial charge >= 0.3 is 5.69 Å². The van der Waals surface area contributed by atoms with Gasteiger partial charge in [0.05, 0.1) is 12.7 Å². The Bertz CT molecular complexity index is 1020. The van der Waals surface area contributed by atoms with Gasteiger partial charge in [0.25, 0.3) is 5.56 Å². The molecule has 2 aromatic rings. The zero-order valence-corrected chi connectivity index (χ0v) is 13.7. The fourth-order valence-electron chi connectivity index (χ4n) is 2.56. The lowest BCUT2D eigenvalue weighted by atomic mass is 10.2. The van der Waals surface area contributed by atoms with Gasteiger partial charge in [0, 0.05) is 18.2 Å². The Hall–Kier alpha value is -3.10. The van der Waals surface area contributed by atoms with E-state index in [1.165, 1.54) is 6.20 Å². The molecule has 0 spiro atoms. The maximum atomic E-state index is 12.0. The highest BCUT2D eigenvalue weighted by Gasteiger charge is 2.35. The second kappa shape index (κ2) is 7.85. The van der Waals surface area contributed by atoms with E-state index in [-0.39, 0.29) is 18.6 Å². The summed E-state index contributed by atoms with van der Waals surface area (Å²) in [5.74, 6) is 10.7. The predicted octanol–water partition coefficient (Wildman–Crippen LogP) is -0.419. The number of benzene rings is 1. The van der Waals surface area contributed by atoms with Gasteiger partial charge in [-0.05, 0) is 29.9 Å². The monoisotopic (exact) mass is 352 g/mol. The summed E-state index contributed by atoms with van der Waals surface area (Å²) in [6, 6.07) is 9.26. The summed E-state index contributed by atoms with van der Waals surface area (Å²) in [4.78, 5) is 26.1. The predicted molar refractivity (Wildman–Crippen MR) is 93.1 cm³/mol. The first-order valence-corrected chi connectivity index (χ1v) is 7.95. The Morgan fingerprint density at radius 1 is 1.19 bits per heavy atom. The molecule has 0 radical (unpaired) electrons. The number of aliphatic hydroxyl groups is 2. The molecule has 1 aromatic heterocycles. The highest BCUT2D eigenvalue weighted by molar-refractivity contribution is 5.43. The Kier molecular flexibility index (Phi) is 5.35. The average Bonchev–Trinajstić information content (AvgIpc) is 3.01. The fourth-order valence-corrected chi connectivity index (χ4v) is 2.56. The quantitative estimate of drug-likeness (QED) is 0.637. The van der Waals surface area contributed by atoms with Crippen LogP contribution in [0.4, 0.5) is 0 Å². The molecule has 0 bridgehead atoms. The van der Waals surface area contributed by atoms with Crippen LogP contribution in [0.25, 0.3) is 0 Å². The summed E-state index contributed by atoms with van der Waals surface area (Å²) in [6.45, 7) is -0.364. The van der Waals surface area contributed by atoms with Gasteiger partial charge in [0.15, 0.2) is 0 Å². The molecule has 0 unspecified atom stereocenters. The zero-order chi connectivity index (χ0) is 18.5. The Balaban J connectivity index is 1.86. The van der Waals surface area contributed by atoms with E-state index in [0.717, 1.165) is 10.1 Å². The molecule has 7 nitrogen and oxygen atoms in total. The number of H-pyrrole nitrogens is 1. The summed E-state index contributed by atoms with van der Waals surface area (Å²) in [7, 11) is 0. The summed E-state index contributed by atoms with van der Waals surface area (Å²) in [6.07, 6.45) is -1.06. The van der Waals surface area contributed by atoms with Gasteiger partial charge in [-0.15, -0.1) is 0 Å². The highest BCUT2D eigenvalue weighted by atomic mass is 16.5. The third kappa shape index (κ3) is 3.93. The van der Waals surface area contributed by atoms with Crippen molar-refractivity contribution in [2.24, 2.45) is 0 Å². The molecule has 3 rings (SSSR count). The Morgan fingerprint density at radius 3 is 2.62 bits per heavy atom. The number of nitrogens with zero attached hydrogens (tertiary/aromatic N) is 1. The normalized spacial score (nSPS) is 21.4. The summed E-state index contributed by atoms with van der Waals surface area (Å²) in [5, 5.41) is 18.9. The number of ether oxygens (including phenoxy) is 1. The Labute approximate surface area is 148 Å². The molecule has 0 saturated carbocycles. The first-order chi connectivity index (χ1) is 12.6. The molecule has 1 aliphatic heterocycles. The van der Waals surface area contributed by atoms with Crippen molar-refractivity contribution in [2.45, 2.75) is 24.9 Å². The number of nitrogens with one attached hydrogen (secondary N) is 1. The molecule has 2 heterocycles. The molecule has 0 amide bonds. The van der Waals surface area contributed by atoms with Gasteiger partial charge in [-0.25, -0.2) is 4.79 Å². The van der Waals surface area contributed by atoms with E-state index in [1.807, 2.05) is 30.3 Å². The molecule has 7 heteroatoms. The van der Waals surface area contributed by atoms with E-state index in [2.05, 4.69) is 28.7 Å². The minimum atomic E-state index is -0.893. The van der Waals surface area contributed by atoms with Crippen molar-refractivity contribution in [2.75, 3.05) is 6.61 Å². The van der Waals surface area contributed by atoms with Crippen molar-refractivity contribution in [3.63, 3.8) is 0 Å². The van der Waals surface area contributed by atoms with Crippen LogP contribution in [0.3, 0.4) is 0 Å². The van der Waals surface area contributed by atoms with Gasteiger partial charge in [-0.1, -0.05) is 24.1 Å². The van der Waals surface area contributed by atoms with Crippen molar-refractivity contribution in [1.82, 2.24) is 9.55 Å². The smallest absolute Gasteiger partial charge is 0.330 e. The van der Waals surface area contributed by atoms with Gasteiger partial charge in [-0.2, -0.15) is 0 Å². The summed E-state index contributed by atoms with van der Waals surface area (Å²) >= 11 is 0. The second-order valence-corrected chi connectivity index (χ2v) is 5.69. The maximum Gasteiger partial charge on any atom is 0.330 e. The van der Waals surface area contributed by atoms with E-state index in [1.54, 1.807) is 0 Å². The number of aliphatic hydroxyl groups excluding tert-OH is 2. The summed E-state index contributed by atoms with van der Waals surface area (Å²) < 4.78 is 6.58. The molecule has 3 N–H and O–H groups in total. The number of aromatic amines is 1. The van der Waals surface area contributed by atoms with Gasteiger partial charge in [0.2, 0.25) is 0 Å². The maximum absolute atomic E-state index is 12.0. The second-order valence-electron chi connectivity index (χ2n) is 5.69. The van der Waals surface area contributed by atoms with Crippen LogP contribution in [0.1, 0.15) is 23.8 Å². The lowest BCUT2D eigenvalue weighted by molar-refractivity contribution is -0.0459. The molecule has 3 atom stereocenters. The van der Waals surface area contributed by atoms with Crippen molar-refractivity contribution < 1.29 is 14.9 Å². The first-order valence-electron chi connectivity index (χ1n) is 7.95. The van der Waals surface area contributed by atoms with E-state index < -0.39 is 29.7 Å². The van der Waals surface area contributed by atoms with Crippen LogP contribution >= 0.6 is 0 Å². The number of rotatable bonds is 2. The van der Waals surface area contributed by atoms with Crippen LogP contribution < -0.4 is 11.2 Å². The lowest BCUT2D eigenvalue weighted by Gasteiger charge is -2.14. The van der Waals surface area contributed by atoms with Crippen LogP contribution in [0.15, 0.2) is 46.1 Å². The number of hydrogen-bond acceptors (Lipinski definition) is 5. The largest absolute Gasteiger partial charge is 0.394 e. The minimum Gasteiger partial charge on any atom is -0.394 e. The fraction of sp³-hybridized carbons (Fsp3) is 0.263. The molecule has 26 heavy (non-hydrogen) atoms. The molecule has 1 aromatic carbocycles. The SMILES string of the molecule is O=c1[nH]c(=O)n([C@H]2C[C@H](O)[C@@H](CO)O2)cc1C#CC#Cc1ccccc1.